The molecule has 0 radical (unpaired) electrons. The average molecular weight is 228 g/mol. The fourth-order valence-electron chi connectivity index (χ4n) is 1.13. The smallest absolute Gasteiger partial charge is 0.162 e. The third-order valence-electron chi connectivity index (χ3n) is 1.88. The van der Waals surface area contributed by atoms with Gasteiger partial charge in [-0.1, -0.05) is 19.0 Å². The van der Waals surface area contributed by atoms with Gasteiger partial charge < -0.3 is 19.7 Å². The van der Waals surface area contributed by atoms with Crippen LogP contribution in [0, 0.1) is 5.92 Å². The number of aromatic nitrogens is 1. The third kappa shape index (κ3) is 5.25. The van der Waals surface area contributed by atoms with Crippen LogP contribution < -0.4 is 5.73 Å². The fraction of sp³-hybridized carbons (Fsp3) is 0.727. The Balaban J connectivity index is 2.02. The van der Waals surface area contributed by atoms with Gasteiger partial charge in [-0.15, -0.1) is 0 Å². The summed E-state index contributed by atoms with van der Waals surface area (Å²) in [5.41, 5.74) is 6.15. The second-order valence-corrected chi connectivity index (χ2v) is 4.01. The first kappa shape index (κ1) is 13.2. The van der Waals surface area contributed by atoms with Gasteiger partial charge in [-0.05, 0) is 5.92 Å². The quantitative estimate of drug-likeness (QED) is 0.679. The van der Waals surface area contributed by atoms with Crippen molar-refractivity contribution in [2.45, 2.75) is 27.0 Å². The van der Waals surface area contributed by atoms with Crippen LogP contribution in [0.5, 0.6) is 0 Å². The molecule has 0 atom stereocenters. The minimum Gasteiger partial charge on any atom is -0.379 e. The summed E-state index contributed by atoms with van der Waals surface area (Å²) in [7, 11) is 0. The highest BCUT2D eigenvalue weighted by Gasteiger charge is 2.02. The van der Waals surface area contributed by atoms with Crippen LogP contribution in [0.15, 0.2) is 10.6 Å². The van der Waals surface area contributed by atoms with E-state index in [1.165, 1.54) is 0 Å². The second-order valence-electron chi connectivity index (χ2n) is 4.01. The predicted molar refractivity (Wildman–Crippen MR) is 59.7 cm³/mol. The molecule has 1 aromatic heterocycles. The molecule has 0 aliphatic rings. The molecule has 1 aromatic rings. The Hall–Kier alpha value is -0.910. The zero-order chi connectivity index (χ0) is 11.8. The van der Waals surface area contributed by atoms with Crippen LogP contribution in [0.1, 0.15) is 25.3 Å². The van der Waals surface area contributed by atoms with E-state index in [2.05, 4.69) is 19.0 Å². The molecule has 0 saturated carbocycles. The summed E-state index contributed by atoms with van der Waals surface area (Å²) in [5, 5.41) is 3.76. The highest BCUT2D eigenvalue weighted by molar-refractivity contribution is 5.03. The van der Waals surface area contributed by atoms with E-state index in [9.17, 15) is 0 Å². The molecule has 0 spiro atoms. The van der Waals surface area contributed by atoms with Gasteiger partial charge in [0.05, 0.1) is 18.9 Å². The molecule has 0 saturated heterocycles. The fourth-order valence-corrected chi connectivity index (χ4v) is 1.13. The summed E-state index contributed by atoms with van der Waals surface area (Å²) in [6.45, 7) is 6.97. The van der Waals surface area contributed by atoms with Gasteiger partial charge in [0.1, 0.15) is 6.61 Å². The van der Waals surface area contributed by atoms with Gasteiger partial charge in [0.2, 0.25) is 0 Å². The van der Waals surface area contributed by atoms with E-state index in [4.69, 9.17) is 19.7 Å². The normalized spacial score (nSPS) is 11.2. The van der Waals surface area contributed by atoms with Crippen molar-refractivity contribution in [2.24, 2.45) is 11.7 Å². The number of nitrogens with two attached hydrogens (primary N) is 1. The van der Waals surface area contributed by atoms with E-state index in [0.29, 0.717) is 38.0 Å². The predicted octanol–water partition coefficient (Wildman–Crippen LogP) is 1.32. The topological polar surface area (TPSA) is 70.5 Å². The molecule has 0 aliphatic carbocycles. The van der Waals surface area contributed by atoms with Crippen LogP contribution in [0.4, 0.5) is 0 Å². The Morgan fingerprint density at radius 1 is 1.38 bits per heavy atom. The summed E-state index contributed by atoms with van der Waals surface area (Å²) in [6, 6.07) is 1.80. The van der Waals surface area contributed by atoms with Crippen molar-refractivity contribution in [3.8, 4) is 0 Å². The van der Waals surface area contributed by atoms with E-state index in [1.807, 2.05) is 0 Å². The Morgan fingerprint density at radius 2 is 2.12 bits per heavy atom. The zero-order valence-electron chi connectivity index (χ0n) is 9.94. The minimum atomic E-state index is 0.390. The van der Waals surface area contributed by atoms with Crippen LogP contribution in [-0.2, 0) is 22.6 Å². The molecule has 92 valence electrons. The zero-order valence-corrected chi connectivity index (χ0v) is 9.94. The molecular weight excluding hydrogens is 208 g/mol. The van der Waals surface area contributed by atoms with Crippen molar-refractivity contribution < 1.29 is 14.0 Å². The molecule has 0 amide bonds. The van der Waals surface area contributed by atoms with E-state index < -0.39 is 0 Å². The van der Waals surface area contributed by atoms with Crippen LogP contribution in [0.3, 0.4) is 0 Å². The molecule has 5 heteroatoms. The van der Waals surface area contributed by atoms with E-state index in [0.717, 1.165) is 12.3 Å². The second kappa shape index (κ2) is 7.38. The lowest BCUT2D eigenvalue weighted by Crippen LogP contribution is -2.08. The molecule has 0 aliphatic heterocycles. The number of hydrogen-bond acceptors (Lipinski definition) is 5. The highest BCUT2D eigenvalue weighted by atomic mass is 16.5. The lowest BCUT2D eigenvalue weighted by atomic mass is 10.2. The van der Waals surface area contributed by atoms with Crippen LogP contribution in [0.2, 0.25) is 0 Å². The van der Waals surface area contributed by atoms with Gasteiger partial charge in [0.25, 0.3) is 0 Å². The van der Waals surface area contributed by atoms with Crippen molar-refractivity contribution in [3.05, 3.63) is 17.5 Å². The Bertz CT molecular complexity index is 287. The third-order valence-corrected chi connectivity index (χ3v) is 1.88. The van der Waals surface area contributed by atoms with Gasteiger partial charge >= 0.3 is 0 Å². The molecule has 0 unspecified atom stereocenters. The lowest BCUT2D eigenvalue weighted by molar-refractivity contribution is 0.0250. The standard InChI is InChI=1S/C11H20N2O3/c1-9(2)7-14-3-4-15-8-11-5-10(6-12)13-16-11/h5,9H,3-4,6-8,12H2,1-2H3. The summed E-state index contributed by atoms with van der Waals surface area (Å²) in [4.78, 5) is 0. The van der Waals surface area contributed by atoms with Gasteiger partial charge in [-0.3, -0.25) is 0 Å². The monoisotopic (exact) mass is 228 g/mol. The van der Waals surface area contributed by atoms with Gasteiger partial charge in [-0.25, -0.2) is 0 Å². The first-order chi connectivity index (χ1) is 7.72. The lowest BCUT2D eigenvalue weighted by Gasteiger charge is -2.06. The first-order valence-electron chi connectivity index (χ1n) is 5.52. The molecular formula is C11H20N2O3. The highest BCUT2D eigenvalue weighted by Crippen LogP contribution is 2.04. The molecule has 2 N–H and O–H groups in total. The Labute approximate surface area is 95.9 Å². The minimum absolute atomic E-state index is 0.390. The van der Waals surface area contributed by atoms with E-state index in [1.54, 1.807) is 6.07 Å². The summed E-state index contributed by atoms with van der Waals surface area (Å²) < 4.78 is 15.7. The van der Waals surface area contributed by atoms with Gasteiger partial charge in [0, 0.05) is 19.2 Å². The summed E-state index contributed by atoms with van der Waals surface area (Å²) in [6.07, 6.45) is 0. The largest absolute Gasteiger partial charge is 0.379 e. The SMILES string of the molecule is CC(C)COCCOCc1cc(CN)no1. The van der Waals surface area contributed by atoms with E-state index >= 15 is 0 Å². The molecule has 16 heavy (non-hydrogen) atoms. The molecule has 0 bridgehead atoms. The van der Waals surface area contributed by atoms with Crippen molar-refractivity contribution in [3.63, 3.8) is 0 Å². The summed E-state index contributed by atoms with van der Waals surface area (Å²) in [5.74, 6) is 1.26. The van der Waals surface area contributed by atoms with Crippen LogP contribution >= 0.6 is 0 Å². The average Bonchev–Trinajstić information content (AvgIpc) is 2.70. The van der Waals surface area contributed by atoms with Crippen molar-refractivity contribution in [2.75, 3.05) is 19.8 Å². The van der Waals surface area contributed by atoms with Crippen molar-refractivity contribution in [1.82, 2.24) is 5.16 Å². The number of nitrogens with zero attached hydrogens (tertiary/aromatic N) is 1. The first-order valence-corrected chi connectivity index (χ1v) is 5.52. The Morgan fingerprint density at radius 3 is 2.75 bits per heavy atom. The van der Waals surface area contributed by atoms with Crippen molar-refractivity contribution >= 4 is 0 Å². The van der Waals surface area contributed by atoms with Gasteiger partial charge in [-0.2, -0.15) is 0 Å². The maximum absolute atomic E-state index is 5.40. The molecule has 1 heterocycles. The maximum Gasteiger partial charge on any atom is 0.162 e. The molecule has 5 nitrogen and oxygen atoms in total. The van der Waals surface area contributed by atoms with Gasteiger partial charge in [0.15, 0.2) is 5.76 Å². The maximum atomic E-state index is 5.40. The van der Waals surface area contributed by atoms with Crippen LogP contribution in [0.25, 0.3) is 0 Å². The molecule has 0 aromatic carbocycles. The molecule has 0 fully saturated rings. The number of rotatable bonds is 8. The Kier molecular flexibility index (Phi) is 6.07. The number of ether oxygens (including phenoxy) is 2. The van der Waals surface area contributed by atoms with Crippen molar-refractivity contribution in [1.29, 1.82) is 0 Å². The summed E-state index contributed by atoms with van der Waals surface area (Å²) >= 11 is 0. The van der Waals surface area contributed by atoms with Crippen LogP contribution in [-0.4, -0.2) is 25.0 Å². The number of hydrogen-bond donors (Lipinski definition) is 1. The molecule has 1 rings (SSSR count). The van der Waals surface area contributed by atoms with E-state index in [-0.39, 0.29) is 0 Å².